The van der Waals surface area contributed by atoms with Gasteiger partial charge in [-0.2, -0.15) is 0 Å². The average molecular weight is 176 g/mol. The standard InChI is InChI=1S/C10H25P/c1-9(2,3)11(7,8)10(4,5)6/h11H,1-8H3. The van der Waals surface area contributed by atoms with E-state index in [1.165, 1.54) is 0 Å². The number of hydrogen-bond donors (Lipinski definition) is 0. The summed E-state index contributed by atoms with van der Waals surface area (Å²) < 4.78 is 0. The Morgan fingerprint density at radius 2 is 0.818 bits per heavy atom. The Labute approximate surface area is 73.1 Å². The van der Waals surface area contributed by atoms with Gasteiger partial charge in [0.2, 0.25) is 0 Å². The molecule has 0 aromatic carbocycles. The molecule has 11 heavy (non-hydrogen) atoms. The summed E-state index contributed by atoms with van der Waals surface area (Å²) in [5.74, 6) is 0. The Balaban J connectivity index is 4.75. The van der Waals surface area contributed by atoms with Gasteiger partial charge in [0.1, 0.15) is 0 Å². The SMILES string of the molecule is CC(C)(C)[PH](C)(C)C(C)(C)C. The van der Waals surface area contributed by atoms with Crippen molar-refractivity contribution in [3.63, 3.8) is 0 Å². The molecule has 0 aliphatic heterocycles. The molecule has 0 fully saturated rings. The Morgan fingerprint density at radius 1 is 0.636 bits per heavy atom. The quantitative estimate of drug-likeness (QED) is 0.495. The van der Waals surface area contributed by atoms with E-state index in [-0.39, 0.29) is 0 Å². The first-order valence-electron chi connectivity index (χ1n) is 4.50. The summed E-state index contributed by atoms with van der Waals surface area (Å²) in [7, 11) is -1.11. The summed E-state index contributed by atoms with van der Waals surface area (Å²) in [6.07, 6.45) is 0. The van der Waals surface area contributed by atoms with Gasteiger partial charge in [0.25, 0.3) is 0 Å². The third kappa shape index (κ3) is 2.18. The van der Waals surface area contributed by atoms with Crippen LogP contribution in [0.15, 0.2) is 0 Å². The van der Waals surface area contributed by atoms with Crippen molar-refractivity contribution >= 4 is 7.26 Å². The van der Waals surface area contributed by atoms with Crippen LogP contribution >= 0.6 is 7.26 Å². The van der Waals surface area contributed by atoms with E-state index in [0.717, 1.165) is 0 Å². The van der Waals surface area contributed by atoms with Crippen molar-refractivity contribution in [3.05, 3.63) is 0 Å². The van der Waals surface area contributed by atoms with Crippen LogP contribution in [-0.4, -0.2) is 23.6 Å². The molecule has 0 spiro atoms. The molecule has 0 atom stereocenters. The maximum absolute atomic E-state index is 2.49. The third-order valence-electron chi connectivity index (χ3n) is 3.75. The van der Waals surface area contributed by atoms with Crippen LogP contribution in [0.2, 0.25) is 0 Å². The van der Waals surface area contributed by atoms with Crippen molar-refractivity contribution in [2.24, 2.45) is 0 Å². The first-order valence-corrected chi connectivity index (χ1v) is 7.50. The van der Waals surface area contributed by atoms with Crippen LogP contribution in [0.1, 0.15) is 41.5 Å². The van der Waals surface area contributed by atoms with Gasteiger partial charge in [-0.15, -0.1) is 0 Å². The molecular formula is C10H25P. The van der Waals surface area contributed by atoms with Crippen LogP contribution in [0.25, 0.3) is 0 Å². The van der Waals surface area contributed by atoms with Crippen molar-refractivity contribution in [1.82, 2.24) is 0 Å². The van der Waals surface area contributed by atoms with Gasteiger partial charge in [-0.3, -0.25) is 0 Å². The zero-order chi connectivity index (χ0) is 9.50. The maximum atomic E-state index is 2.49. The van der Waals surface area contributed by atoms with Crippen LogP contribution < -0.4 is 0 Å². The second-order valence-corrected chi connectivity index (χ2v) is 12.4. The van der Waals surface area contributed by atoms with E-state index in [0.29, 0.717) is 10.3 Å². The summed E-state index contributed by atoms with van der Waals surface area (Å²) in [4.78, 5) is 0. The molecule has 0 N–H and O–H groups in total. The normalized spacial score (nSPS) is 16.7. The summed E-state index contributed by atoms with van der Waals surface area (Å²) in [6, 6.07) is 0. The van der Waals surface area contributed by atoms with Gasteiger partial charge < -0.3 is 0 Å². The van der Waals surface area contributed by atoms with Gasteiger partial charge in [-0.05, 0) is 0 Å². The molecule has 0 aliphatic rings. The summed E-state index contributed by atoms with van der Waals surface area (Å²) in [6.45, 7) is 19.3. The molecule has 0 radical (unpaired) electrons. The molecule has 0 saturated carbocycles. The first-order chi connectivity index (χ1) is 4.50. The van der Waals surface area contributed by atoms with Gasteiger partial charge in [0.15, 0.2) is 0 Å². The van der Waals surface area contributed by atoms with Gasteiger partial charge >= 0.3 is 72.4 Å². The predicted octanol–water partition coefficient (Wildman–Crippen LogP) is 3.59. The predicted molar refractivity (Wildman–Crippen MR) is 59.7 cm³/mol. The van der Waals surface area contributed by atoms with E-state index in [1.54, 1.807) is 0 Å². The molecule has 0 heterocycles. The molecular weight excluding hydrogens is 151 g/mol. The van der Waals surface area contributed by atoms with Crippen molar-refractivity contribution in [2.75, 3.05) is 13.3 Å². The Morgan fingerprint density at radius 3 is 0.818 bits per heavy atom. The molecule has 0 bridgehead atoms. The molecule has 0 nitrogen and oxygen atoms in total. The number of rotatable bonds is 0. The minimum atomic E-state index is -1.11. The van der Waals surface area contributed by atoms with E-state index in [9.17, 15) is 0 Å². The van der Waals surface area contributed by atoms with E-state index < -0.39 is 7.26 Å². The van der Waals surface area contributed by atoms with Crippen LogP contribution in [0.4, 0.5) is 0 Å². The summed E-state index contributed by atoms with van der Waals surface area (Å²) >= 11 is 0. The fraction of sp³-hybridized carbons (Fsp3) is 1.00. The number of hydrogen-bond acceptors (Lipinski definition) is 0. The molecule has 0 saturated heterocycles. The molecule has 0 aromatic heterocycles. The zero-order valence-corrected chi connectivity index (χ0v) is 10.5. The molecule has 0 aliphatic carbocycles. The van der Waals surface area contributed by atoms with Crippen molar-refractivity contribution in [2.45, 2.75) is 51.9 Å². The first kappa shape index (κ1) is 11.4. The van der Waals surface area contributed by atoms with Gasteiger partial charge in [-0.25, -0.2) is 0 Å². The topological polar surface area (TPSA) is 0 Å². The van der Waals surface area contributed by atoms with Crippen molar-refractivity contribution < 1.29 is 0 Å². The molecule has 1 heteroatoms. The van der Waals surface area contributed by atoms with Gasteiger partial charge in [0.05, 0.1) is 0 Å². The minimum absolute atomic E-state index is 0.519. The van der Waals surface area contributed by atoms with E-state index in [4.69, 9.17) is 0 Å². The van der Waals surface area contributed by atoms with Crippen molar-refractivity contribution in [3.8, 4) is 0 Å². The summed E-state index contributed by atoms with van der Waals surface area (Å²) in [5.41, 5.74) is 0. The molecule has 0 amide bonds. The van der Waals surface area contributed by atoms with Gasteiger partial charge in [0, 0.05) is 0 Å². The Bertz CT molecular complexity index is 116. The molecule has 70 valence electrons. The van der Waals surface area contributed by atoms with Crippen LogP contribution in [-0.2, 0) is 0 Å². The van der Waals surface area contributed by atoms with Gasteiger partial charge in [-0.1, -0.05) is 0 Å². The fourth-order valence-electron chi connectivity index (χ4n) is 1.12. The van der Waals surface area contributed by atoms with E-state index in [1.807, 2.05) is 0 Å². The monoisotopic (exact) mass is 176 g/mol. The van der Waals surface area contributed by atoms with Crippen LogP contribution in [0.3, 0.4) is 0 Å². The van der Waals surface area contributed by atoms with E-state index in [2.05, 4.69) is 54.9 Å². The fourth-order valence-corrected chi connectivity index (χ4v) is 3.38. The summed E-state index contributed by atoms with van der Waals surface area (Å²) in [5, 5.41) is 1.04. The second kappa shape index (κ2) is 2.73. The Kier molecular flexibility index (Phi) is 2.84. The molecule has 0 unspecified atom stereocenters. The third-order valence-corrected chi connectivity index (χ3v) is 11.2. The van der Waals surface area contributed by atoms with Crippen LogP contribution in [0, 0.1) is 0 Å². The zero-order valence-electron chi connectivity index (χ0n) is 9.50. The van der Waals surface area contributed by atoms with Crippen LogP contribution in [0.5, 0.6) is 0 Å². The molecule has 0 aromatic rings. The average Bonchev–Trinajstić information content (AvgIpc) is 1.58. The second-order valence-electron chi connectivity index (χ2n) is 6.12. The molecule has 0 rings (SSSR count). The Hall–Kier alpha value is 0.430. The van der Waals surface area contributed by atoms with E-state index >= 15 is 0 Å². The van der Waals surface area contributed by atoms with Crippen molar-refractivity contribution in [1.29, 1.82) is 0 Å².